The van der Waals surface area contributed by atoms with E-state index in [-0.39, 0.29) is 18.5 Å². The molecule has 3 nitrogen and oxygen atoms in total. The van der Waals surface area contributed by atoms with Gasteiger partial charge in [-0.2, -0.15) is 17.6 Å². The fraction of sp³-hybridized carbons (Fsp3) is 0.765. The van der Waals surface area contributed by atoms with Gasteiger partial charge in [-0.15, -0.1) is 0 Å². The molecule has 0 amide bonds. The largest absolute Gasteiger partial charge is 0.377 e. The zero-order valence-electron chi connectivity index (χ0n) is 14.6. The van der Waals surface area contributed by atoms with Crippen molar-refractivity contribution in [2.75, 3.05) is 13.1 Å². The lowest BCUT2D eigenvalue weighted by Gasteiger charge is -2.40. The highest BCUT2D eigenvalue weighted by Crippen LogP contribution is 2.45. The van der Waals surface area contributed by atoms with E-state index in [4.69, 9.17) is 0 Å². The molecule has 0 N–H and O–H groups in total. The molecule has 0 saturated carbocycles. The molecule has 0 aromatic carbocycles. The maximum absolute atomic E-state index is 14.0. The van der Waals surface area contributed by atoms with Crippen LogP contribution in [0.25, 0.3) is 0 Å². The second kappa shape index (κ2) is 6.88. The van der Waals surface area contributed by atoms with Crippen molar-refractivity contribution >= 4 is 11.6 Å². The van der Waals surface area contributed by atoms with Crippen LogP contribution in [-0.4, -0.2) is 47.8 Å². The molecule has 1 aliphatic heterocycles. The van der Waals surface area contributed by atoms with E-state index in [2.05, 4.69) is 0 Å². The lowest BCUT2D eigenvalue weighted by Crippen LogP contribution is -2.54. The summed E-state index contributed by atoms with van der Waals surface area (Å²) in [6, 6.07) is 0. The number of hydrogen-bond acceptors (Lipinski definition) is 3. The molecule has 148 valence electrons. The van der Waals surface area contributed by atoms with Crippen LogP contribution in [0.15, 0.2) is 11.3 Å². The van der Waals surface area contributed by atoms with Crippen molar-refractivity contribution in [3.05, 3.63) is 11.3 Å². The van der Waals surface area contributed by atoms with Gasteiger partial charge in [0.25, 0.3) is 0 Å². The minimum absolute atomic E-state index is 0.0271. The van der Waals surface area contributed by atoms with Crippen molar-refractivity contribution in [1.29, 1.82) is 0 Å². The molecule has 1 saturated heterocycles. The Labute approximate surface area is 147 Å². The van der Waals surface area contributed by atoms with Crippen LogP contribution in [0.2, 0.25) is 0 Å². The summed E-state index contributed by atoms with van der Waals surface area (Å²) in [7, 11) is 0. The van der Waals surface area contributed by atoms with Gasteiger partial charge < -0.3 is 4.90 Å². The Kier molecular flexibility index (Phi) is 5.50. The topological polar surface area (TPSA) is 37.4 Å². The Balaban J connectivity index is 2.54. The van der Waals surface area contributed by atoms with Gasteiger partial charge in [-0.3, -0.25) is 9.59 Å². The molecule has 0 radical (unpaired) electrons. The average molecular weight is 385 g/mol. The van der Waals surface area contributed by atoms with Crippen molar-refractivity contribution in [2.45, 2.75) is 64.2 Å². The molecule has 0 spiro atoms. The molecular formula is C17H21F6NO2. The van der Waals surface area contributed by atoms with Crippen LogP contribution in [0.1, 0.15) is 46.0 Å². The van der Waals surface area contributed by atoms with Gasteiger partial charge in [0, 0.05) is 25.2 Å². The Bertz CT molecular complexity index is 621. The van der Waals surface area contributed by atoms with E-state index in [1.54, 1.807) is 18.7 Å². The molecule has 1 aliphatic carbocycles. The van der Waals surface area contributed by atoms with Crippen LogP contribution >= 0.6 is 0 Å². The molecular weight excluding hydrogens is 364 g/mol. The minimum Gasteiger partial charge on any atom is -0.374 e. The SMILES string of the molecule is CC1(C)CC(=O)C(C(=O)C(F)(F)C(F)(F)C(F)F)=C(N2CCCCC2)C1. The third-order valence-corrected chi connectivity index (χ3v) is 4.80. The average Bonchev–Trinajstić information content (AvgIpc) is 2.53. The molecule has 0 bridgehead atoms. The highest BCUT2D eigenvalue weighted by atomic mass is 19.3. The third-order valence-electron chi connectivity index (χ3n) is 4.80. The molecule has 0 unspecified atom stereocenters. The summed E-state index contributed by atoms with van der Waals surface area (Å²) >= 11 is 0. The monoisotopic (exact) mass is 385 g/mol. The lowest BCUT2D eigenvalue weighted by molar-refractivity contribution is -0.251. The predicted octanol–water partition coefficient (Wildman–Crippen LogP) is 4.22. The highest BCUT2D eigenvalue weighted by Gasteiger charge is 2.68. The number of hydrogen-bond donors (Lipinski definition) is 0. The number of nitrogens with zero attached hydrogens (tertiary/aromatic N) is 1. The van der Waals surface area contributed by atoms with Gasteiger partial charge in [0.1, 0.15) is 0 Å². The van der Waals surface area contributed by atoms with E-state index in [1.807, 2.05) is 0 Å². The molecule has 1 heterocycles. The molecule has 9 heteroatoms. The Morgan fingerprint density at radius 3 is 2.08 bits per heavy atom. The second-order valence-electron chi connectivity index (χ2n) is 7.64. The van der Waals surface area contributed by atoms with Crippen LogP contribution in [0, 0.1) is 5.41 Å². The van der Waals surface area contributed by atoms with E-state index in [0.717, 1.165) is 6.42 Å². The number of rotatable bonds is 5. The van der Waals surface area contributed by atoms with E-state index in [1.165, 1.54) is 0 Å². The fourth-order valence-corrected chi connectivity index (χ4v) is 3.42. The van der Waals surface area contributed by atoms with E-state index >= 15 is 0 Å². The third kappa shape index (κ3) is 3.62. The highest BCUT2D eigenvalue weighted by molar-refractivity contribution is 6.23. The molecule has 1 fully saturated rings. The molecule has 2 rings (SSSR count). The van der Waals surface area contributed by atoms with E-state index < -0.39 is 40.8 Å². The number of allylic oxidation sites excluding steroid dienone is 2. The number of ketones is 2. The summed E-state index contributed by atoms with van der Waals surface area (Å²) in [6.07, 6.45) is -2.68. The number of piperidine rings is 1. The number of carbonyl (C=O) groups excluding carboxylic acids is 2. The van der Waals surface area contributed by atoms with Gasteiger partial charge in [0.2, 0.25) is 5.78 Å². The standard InChI is InChI=1S/C17H21F6NO2/c1-15(2)8-10(24-6-4-3-5-7-24)12(11(25)9-15)13(26)16(20,21)17(22,23)14(18)19/h14H,3-9H2,1-2H3. The van der Waals surface area contributed by atoms with E-state index in [9.17, 15) is 35.9 Å². The van der Waals surface area contributed by atoms with Crippen molar-refractivity contribution in [2.24, 2.45) is 5.41 Å². The molecule has 0 aromatic rings. The van der Waals surface area contributed by atoms with Gasteiger partial charge in [-0.05, 0) is 31.1 Å². The van der Waals surface area contributed by atoms with Crippen molar-refractivity contribution in [3.63, 3.8) is 0 Å². The first-order valence-corrected chi connectivity index (χ1v) is 8.41. The van der Waals surface area contributed by atoms with Crippen LogP contribution in [0.5, 0.6) is 0 Å². The van der Waals surface area contributed by atoms with Gasteiger partial charge in [0.05, 0.1) is 5.57 Å². The van der Waals surface area contributed by atoms with Crippen LogP contribution in [-0.2, 0) is 9.59 Å². The number of carbonyl (C=O) groups is 2. The summed E-state index contributed by atoms with van der Waals surface area (Å²) in [5, 5.41) is 0. The van der Waals surface area contributed by atoms with Crippen molar-refractivity contribution in [3.8, 4) is 0 Å². The predicted molar refractivity (Wildman–Crippen MR) is 81.4 cm³/mol. The number of alkyl halides is 6. The fourth-order valence-electron chi connectivity index (χ4n) is 3.42. The summed E-state index contributed by atoms with van der Waals surface area (Å²) in [5.41, 5.74) is -1.72. The molecule has 0 aromatic heterocycles. The summed E-state index contributed by atoms with van der Waals surface area (Å²) in [4.78, 5) is 26.1. The number of likely N-dealkylation sites (tertiary alicyclic amines) is 1. The summed E-state index contributed by atoms with van der Waals surface area (Å²) in [5.74, 6) is -15.0. The van der Waals surface area contributed by atoms with Gasteiger partial charge in [-0.1, -0.05) is 13.8 Å². The Morgan fingerprint density at radius 1 is 1.04 bits per heavy atom. The zero-order chi connectivity index (χ0) is 19.9. The number of Topliss-reactive ketones (excluding diaryl/α,β-unsaturated/α-hetero) is 2. The van der Waals surface area contributed by atoms with Crippen molar-refractivity contribution in [1.82, 2.24) is 4.90 Å². The molecule has 26 heavy (non-hydrogen) atoms. The molecule has 2 aliphatic rings. The van der Waals surface area contributed by atoms with Crippen molar-refractivity contribution < 1.29 is 35.9 Å². The maximum atomic E-state index is 14.0. The molecule has 0 atom stereocenters. The Hall–Kier alpha value is -1.54. The lowest BCUT2D eigenvalue weighted by atomic mass is 9.73. The first-order chi connectivity index (χ1) is 11.8. The first-order valence-electron chi connectivity index (χ1n) is 8.41. The van der Waals surface area contributed by atoms with Crippen LogP contribution < -0.4 is 0 Å². The second-order valence-corrected chi connectivity index (χ2v) is 7.64. The van der Waals surface area contributed by atoms with Gasteiger partial charge in [-0.25, -0.2) is 8.78 Å². The quantitative estimate of drug-likeness (QED) is 0.525. The summed E-state index contributed by atoms with van der Waals surface area (Å²) < 4.78 is 79.4. The number of halogens is 6. The Morgan fingerprint density at radius 2 is 1.58 bits per heavy atom. The maximum Gasteiger partial charge on any atom is 0.377 e. The zero-order valence-corrected chi connectivity index (χ0v) is 14.6. The minimum atomic E-state index is -5.85. The smallest absolute Gasteiger partial charge is 0.374 e. The van der Waals surface area contributed by atoms with Gasteiger partial charge >= 0.3 is 18.3 Å². The van der Waals surface area contributed by atoms with Gasteiger partial charge in [0.15, 0.2) is 5.78 Å². The van der Waals surface area contributed by atoms with Crippen LogP contribution in [0.3, 0.4) is 0 Å². The summed E-state index contributed by atoms with van der Waals surface area (Å²) in [6.45, 7) is 4.18. The normalized spacial score (nSPS) is 22.2. The van der Waals surface area contributed by atoms with Crippen LogP contribution in [0.4, 0.5) is 26.3 Å². The first kappa shape index (κ1) is 20.8. The van der Waals surface area contributed by atoms with E-state index in [0.29, 0.717) is 25.9 Å².